The molecule has 2 aliphatic carbocycles. The van der Waals surface area contributed by atoms with Crippen molar-refractivity contribution < 1.29 is 14.2 Å². The van der Waals surface area contributed by atoms with E-state index in [9.17, 15) is 9.59 Å². The van der Waals surface area contributed by atoms with Crippen LogP contribution in [0.25, 0.3) is 0 Å². The molecule has 2 aromatic carbocycles. The topological polar surface area (TPSA) is 43.0 Å². The Kier molecular flexibility index (Phi) is 3.23. The first-order chi connectivity index (χ1) is 12.7. The van der Waals surface area contributed by atoms with E-state index < -0.39 is 0 Å². The van der Waals surface area contributed by atoms with Gasteiger partial charge in [0.15, 0.2) is 0 Å². The van der Waals surface area contributed by atoms with Gasteiger partial charge >= 0.3 is 0 Å². The Morgan fingerprint density at radius 3 is 2.19 bits per heavy atom. The molecule has 2 aliphatic rings. The molecule has 1 aromatic heterocycles. The maximum atomic E-state index is 13.3. The van der Waals surface area contributed by atoms with Crippen LogP contribution in [-0.4, -0.2) is 16.1 Å². The number of benzene rings is 2. The summed E-state index contributed by atoms with van der Waals surface area (Å²) in [5, 5.41) is 0. The normalized spacial score (nSPS) is 15.7. The minimum atomic E-state index is -0.0476. The molecule has 1 heterocycles. The lowest BCUT2D eigenvalue weighted by molar-refractivity contribution is -0.695. The van der Waals surface area contributed by atoms with Crippen LogP contribution in [0.1, 0.15) is 62.4 Å². The Hall–Kier alpha value is -3.01. The lowest BCUT2D eigenvalue weighted by Crippen LogP contribution is -2.43. The molecule has 0 unspecified atom stereocenters. The smallest absolute Gasteiger partial charge is 0.254 e. The van der Waals surface area contributed by atoms with Crippen molar-refractivity contribution in [3.8, 4) is 0 Å². The molecule has 0 N–H and O–H groups in total. The van der Waals surface area contributed by atoms with E-state index in [1.165, 1.54) is 0 Å². The zero-order valence-corrected chi connectivity index (χ0v) is 14.6. The number of hydrogen-bond acceptors (Lipinski definition) is 2. The third-order valence-electron chi connectivity index (χ3n) is 5.42. The minimum Gasteiger partial charge on any atom is -0.284 e. The number of imidazole rings is 1. The van der Waals surface area contributed by atoms with Gasteiger partial charge in [-0.3, -0.25) is 9.59 Å². The van der Waals surface area contributed by atoms with Gasteiger partial charge in [0, 0.05) is 18.1 Å². The fourth-order valence-corrected chi connectivity index (χ4v) is 4.02. The van der Waals surface area contributed by atoms with E-state index in [0.717, 1.165) is 24.2 Å². The molecule has 1 fully saturated rings. The van der Waals surface area contributed by atoms with Crippen LogP contribution in [0.15, 0.2) is 54.6 Å². The molecule has 0 bridgehead atoms. The number of rotatable bonds is 3. The molecule has 5 rings (SSSR count). The van der Waals surface area contributed by atoms with Crippen molar-refractivity contribution in [3.63, 3.8) is 0 Å². The lowest BCUT2D eigenvalue weighted by atomic mass is 9.90. The number of ketones is 2. The number of aromatic nitrogens is 2. The van der Waals surface area contributed by atoms with Crippen molar-refractivity contribution in [2.45, 2.75) is 32.4 Å². The number of carbonyl (C=O) groups excluding carboxylic acids is 2. The quantitative estimate of drug-likeness (QED) is 0.536. The van der Waals surface area contributed by atoms with Crippen LogP contribution in [0.5, 0.6) is 0 Å². The van der Waals surface area contributed by atoms with E-state index in [-0.39, 0.29) is 11.6 Å². The highest BCUT2D eigenvalue weighted by molar-refractivity contribution is 6.26. The van der Waals surface area contributed by atoms with Crippen LogP contribution in [-0.2, 0) is 6.54 Å². The van der Waals surface area contributed by atoms with Crippen molar-refractivity contribution in [1.82, 2.24) is 4.57 Å². The van der Waals surface area contributed by atoms with E-state index in [4.69, 9.17) is 0 Å². The van der Waals surface area contributed by atoms with Crippen molar-refractivity contribution in [2.75, 3.05) is 0 Å². The van der Waals surface area contributed by atoms with Gasteiger partial charge in [0.25, 0.3) is 5.82 Å². The van der Waals surface area contributed by atoms with Gasteiger partial charge in [0.2, 0.25) is 23.0 Å². The highest BCUT2D eigenvalue weighted by Crippen LogP contribution is 2.39. The number of carbonyl (C=O) groups is 2. The summed E-state index contributed by atoms with van der Waals surface area (Å²) in [5.74, 6) is 0.904. The summed E-state index contributed by atoms with van der Waals surface area (Å²) in [6.07, 6.45) is 2.13. The van der Waals surface area contributed by atoms with Gasteiger partial charge in [-0.2, -0.15) is 0 Å². The summed E-state index contributed by atoms with van der Waals surface area (Å²) >= 11 is 0. The molecular weight excluding hydrogens is 324 g/mol. The summed E-state index contributed by atoms with van der Waals surface area (Å²) < 4.78 is 4.13. The molecule has 0 radical (unpaired) electrons. The fraction of sp³-hybridized carbons (Fsp3) is 0.227. The minimum absolute atomic E-state index is 0.0305. The standard InChI is InChI=1S/C22H19N2O2/c1-14-23(13-15-7-3-2-4-8-15)19-20(24(14)16-11-12-16)22(26)18-10-6-5-9-17(18)21(19)25/h2-10,16H,11-13H2,1H3/q+1. The zero-order valence-electron chi connectivity index (χ0n) is 14.6. The second-order valence-corrected chi connectivity index (χ2v) is 7.12. The molecule has 0 aliphatic heterocycles. The second kappa shape index (κ2) is 5.49. The monoisotopic (exact) mass is 343 g/mol. The average molecular weight is 343 g/mol. The van der Waals surface area contributed by atoms with Gasteiger partial charge in [0.05, 0.1) is 0 Å². The molecule has 1 saturated carbocycles. The summed E-state index contributed by atoms with van der Waals surface area (Å²) in [6.45, 7) is 2.61. The third kappa shape index (κ3) is 2.11. The predicted molar refractivity (Wildman–Crippen MR) is 96.5 cm³/mol. The molecule has 0 spiro atoms. The summed E-state index contributed by atoms with van der Waals surface area (Å²) in [7, 11) is 0. The number of hydrogen-bond donors (Lipinski definition) is 0. The van der Waals surface area contributed by atoms with Crippen LogP contribution >= 0.6 is 0 Å². The van der Waals surface area contributed by atoms with Crippen LogP contribution in [0.2, 0.25) is 0 Å². The predicted octanol–water partition coefficient (Wildman–Crippen LogP) is 3.24. The largest absolute Gasteiger partial charge is 0.284 e. The van der Waals surface area contributed by atoms with E-state index in [1.54, 1.807) is 12.1 Å². The van der Waals surface area contributed by atoms with Gasteiger partial charge in [-0.1, -0.05) is 54.6 Å². The number of fused-ring (bicyclic) bond motifs is 2. The molecule has 0 atom stereocenters. The summed E-state index contributed by atoms with van der Waals surface area (Å²) in [4.78, 5) is 26.5. The molecule has 26 heavy (non-hydrogen) atoms. The van der Waals surface area contributed by atoms with E-state index >= 15 is 0 Å². The molecule has 4 heteroatoms. The molecule has 128 valence electrons. The van der Waals surface area contributed by atoms with Crippen LogP contribution < -0.4 is 4.57 Å². The number of nitrogens with zero attached hydrogens (tertiary/aromatic N) is 2. The van der Waals surface area contributed by atoms with Crippen molar-refractivity contribution >= 4 is 11.6 Å². The first-order valence-corrected chi connectivity index (χ1v) is 9.04. The zero-order chi connectivity index (χ0) is 17.8. The Balaban J connectivity index is 1.75. The fourth-order valence-electron chi connectivity index (χ4n) is 4.02. The molecule has 4 nitrogen and oxygen atoms in total. The van der Waals surface area contributed by atoms with Crippen molar-refractivity contribution in [3.05, 3.63) is 88.5 Å². The lowest BCUT2D eigenvalue weighted by Gasteiger charge is -2.12. The maximum absolute atomic E-state index is 13.3. The van der Waals surface area contributed by atoms with E-state index in [0.29, 0.717) is 35.1 Å². The van der Waals surface area contributed by atoms with Crippen LogP contribution in [0.3, 0.4) is 0 Å². The summed E-state index contributed by atoms with van der Waals surface area (Å²) in [6, 6.07) is 17.6. The summed E-state index contributed by atoms with van der Waals surface area (Å²) in [5.41, 5.74) is 3.28. The first kappa shape index (κ1) is 15.3. The molecule has 3 aromatic rings. The maximum Gasteiger partial charge on any atom is 0.254 e. The van der Waals surface area contributed by atoms with Gasteiger partial charge in [-0.25, -0.2) is 9.13 Å². The van der Waals surface area contributed by atoms with Gasteiger partial charge in [-0.05, 0) is 18.4 Å². The Morgan fingerprint density at radius 2 is 1.54 bits per heavy atom. The molecule has 0 amide bonds. The van der Waals surface area contributed by atoms with Gasteiger partial charge in [0.1, 0.15) is 12.6 Å². The van der Waals surface area contributed by atoms with Gasteiger partial charge < -0.3 is 0 Å². The average Bonchev–Trinajstić information content (AvgIpc) is 3.46. The van der Waals surface area contributed by atoms with E-state index in [2.05, 4.69) is 16.7 Å². The van der Waals surface area contributed by atoms with Crippen LogP contribution in [0.4, 0.5) is 0 Å². The van der Waals surface area contributed by atoms with Gasteiger partial charge in [-0.15, -0.1) is 0 Å². The Labute approximate surface area is 151 Å². The SMILES string of the molecule is Cc1n(C2CC2)c2c([n+]1Cc1ccccc1)C(=O)c1ccccc1C2=O. The second-order valence-electron chi connectivity index (χ2n) is 7.12. The van der Waals surface area contributed by atoms with Crippen LogP contribution in [0, 0.1) is 6.92 Å². The Bertz CT molecular complexity index is 1060. The molecule has 0 saturated heterocycles. The van der Waals surface area contributed by atoms with Crippen molar-refractivity contribution in [1.29, 1.82) is 0 Å². The highest BCUT2D eigenvalue weighted by Gasteiger charge is 2.46. The van der Waals surface area contributed by atoms with Crippen molar-refractivity contribution in [2.24, 2.45) is 0 Å². The van der Waals surface area contributed by atoms with E-state index in [1.807, 2.05) is 41.8 Å². The Morgan fingerprint density at radius 1 is 0.923 bits per heavy atom. The first-order valence-electron chi connectivity index (χ1n) is 9.04. The highest BCUT2D eigenvalue weighted by atomic mass is 16.1. The molecular formula is C22H19N2O2+. The third-order valence-corrected chi connectivity index (χ3v) is 5.42.